The summed E-state index contributed by atoms with van der Waals surface area (Å²) in [5.74, 6) is 0.332. The Labute approximate surface area is 200 Å². The molecular weight excluding hydrogens is 456 g/mol. The summed E-state index contributed by atoms with van der Waals surface area (Å²) in [6.07, 6.45) is 0. The SMILES string of the molecule is COc1ccc(S(=O)(=O)N(CC(=O)N(Cc2ccccc2)Cc2sccc2C)C(C)C)cc1. The van der Waals surface area contributed by atoms with Crippen molar-refractivity contribution in [1.29, 1.82) is 0 Å². The molecule has 1 heterocycles. The van der Waals surface area contributed by atoms with E-state index in [0.29, 0.717) is 18.8 Å². The van der Waals surface area contributed by atoms with Crippen LogP contribution in [-0.2, 0) is 27.9 Å². The number of benzene rings is 2. The van der Waals surface area contributed by atoms with Gasteiger partial charge in [0.1, 0.15) is 5.75 Å². The van der Waals surface area contributed by atoms with Gasteiger partial charge in [-0.1, -0.05) is 30.3 Å². The van der Waals surface area contributed by atoms with Gasteiger partial charge in [0.15, 0.2) is 0 Å². The number of carbonyl (C=O) groups is 1. The number of amides is 1. The highest BCUT2D eigenvalue weighted by Crippen LogP contribution is 2.23. The Morgan fingerprint density at radius 2 is 1.67 bits per heavy atom. The van der Waals surface area contributed by atoms with E-state index >= 15 is 0 Å². The van der Waals surface area contributed by atoms with Crippen molar-refractivity contribution in [3.05, 3.63) is 82.0 Å². The number of ether oxygens (including phenoxy) is 1. The number of hydrogen-bond acceptors (Lipinski definition) is 5. The molecule has 1 amide bonds. The fraction of sp³-hybridized carbons (Fsp3) is 0.320. The van der Waals surface area contributed by atoms with Gasteiger partial charge >= 0.3 is 0 Å². The molecule has 0 saturated heterocycles. The molecule has 1 aromatic heterocycles. The fourth-order valence-corrected chi connectivity index (χ4v) is 5.94. The molecule has 2 aromatic carbocycles. The molecule has 0 aliphatic carbocycles. The number of thiophene rings is 1. The molecule has 0 unspecified atom stereocenters. The van der Waals surface area contributed by atoms with Gasteiger partial charge in [-0.2, -0.15) is 4.31 Å². The smallest absolute Gasteiger partial charge is 0.243 e. The first-order valence-electron chi connectivity index (χ1n) is 10.7. The third kappa shape index (κ3) is 6.22. The Morgan fingerprint density at radius 3 is 2.21 bits per heavy atom. The van der Waals surface area contributed by atoms with Gasteiger partial charge in [0.05, 0.1) is 25.1 Å². The molecule has 0 saturated carbocycles. The van der Waals surface area contributed by atoms with Crippen LogP contribution in [0, 0.1) is 6.92 Å². The van der Waals surface area contributed by atoms with E-state index in [1.807, 2.05) is 48.7 Å². The van der Waals surface area contributed by atoms with Gasteiger partial charge in [-0.15, -0.1) is 11.3 Å². The van der Waals surface area contributed by atoms with E-state index in [1.165, 1.54) is 23.5 Å². The Kier molecular flexibility index (Phi) is 8.29. The molecule has 6 nitrogen and oxygen atoms in total. The van der Waals surface area contributed by atoms with Gasteiger partial charge in [0.25, 0.3) is 0 Å². The fourth-order valence-electron chi connectivity index (χ4n) is 3.44. The number of nitrogens with zero attached hydrogens (tertiary/aromatic N) is 2. The first kappa shape index (κ1) is 25.0. The first-order valence-corrected chi connectivity index (χ1v) is 13.0. The van der Waals surface area contributed by atoms with Crippen LogP contribution in [0.5, 0.6) is 5.75 Å². The van der Waals surface area contributed by atoms with Gasteiger partial charge in [0, 0.05) is 17.5 Å². The molecular formula is C25H30N2O4S2. The molecule has 0 bridgehead atoms. The van der Waals surface area contributed by atoms with Crippen molar-refractivity contribution in [2.45, 2.75) is 44.8 Å². The van der Waals surface area contributed by atoms with Crippen molar-refractivity contribution in [3.63, 3.8) is 0 Å². The summed E-state index contributed by atoms with van der Waals surface area (Å²) in [7, 11) is -2.34. The summed E-state index contributed by atoms with van der Waals surface area (Å²) < 4.78 is 33.1. The molecule has 3 rings (SSSR count). The van der Waals surface area contributed by atoms with Crippen LogP contribution in [0.15, 0.2) is 70.9 Å². The molecule has 0 aliphatic heterocycles. The van der Waals surface area contributed by atoms with E-state index in [0.717, 1.165) is 16.0 Å². The topological polar surface area (TPSA) is 66.9 Å². The second-order valence-electron chi connectivity index (χ2n) is 8.08. The molecule has 0 spiro atoms. The largest absolute Gasteiger partial charge is 0.497 e. The lowest BCUT2D eigenvalue weighted by Crippen LogP contribution is -2.45. The van der Waals surface area contributed by atoms with Crippen LogP contribution < -0.4 is 4.74 Å². The Morgan fingerprint density at radius 1 is 1.00 bits per heavy atom. The third-order valence-electron chi connectivity index (χ3n) is 5.40. The second kappa shape index (κ2) is 11.0. The van der Waals surface area contributed by atoms with Crippen LogP contribution in [-0.4, -0.2) is 43.2 Å². The third-order valence-corrected chi connectivity index (χ3v) is 8.45. The summed E-state index contributed by atoms with van der Waals surface area (Å²) >= 11 is 1.60. The van der Waals surface area contributed by atoms with Crippen molar-refractivity contribution >= 4 is 27.3 Å². The predicted molar refractivity (Wildman–Crippen MR) is 132 cm³/mol. The number of carbonyl (C=O) groups excluding carboxylic acids is 1. The van der Waals surface area contributed by atoms with Crippen LogP contribution >= 0.6 is 11.3 Å². The van der Waals surface area contributed by atoms with Gasteiger partial charge in [-0.25, -0.2) is 8.42 Å². The second-order valence-corrected chi connectivity index (χ2v) is 11.0. The zero-order chi connectivity index (χ0) is 24.0. The first-order chi connectivity index (χ1) is 15.7. The molecule has 176 valence electrons. The Balaban J connectivity index is 1.87. The zero-order valence-electron chi connectivity index (χ0n) is 19.4. The molecule has 0 radical (unpaired) electrons. The molecule has 3 aromatic rings. The van der Waals surface area contributed by atoms with Crippen LogP contribution in [0.4, 0.5) is 0 Å². The Bertz CT molecular complexity index is 1160. The Hall–Kier alpha value is -2.68. The van der Waals surface area contributed by atoms with Crippen molar-refractivity contribution in [1.82, 2.24) is 9.21 Å². The van der Waals surface area contributed by atoms with Crippen LogP contribution in [0.25, 0.3) is 0 Å². The highest BCUT2D eigenvalue weighted by molar-refractivity contribution is 7.89. The number of aryl methyl sites for hydroxylation is 1. The summed E-state index contributed by atoms with van der Waals surface area (Å²) in [6, 6.07) is 17.6. The number of sulfonamides is 1. The lowest BCUT2D eigenvalue weighted by molar-refractivity contribution is -0.132. The van der Waals surface area contributed by atoms with Crippen molar-refractivity contribution in [2.24, 2.45) is 0 Å². The highest BCUT2D eigenvalue weighted by Gasteiger charge is 2.31. The van der Waals surface area contributed by atoms with Crippen LogP contribution in [0.3, 0.4) is 0 Å². The zero-order valence-corrected chi connectivity index (χ0v) is 21.0. The van der Waals surface area contributed by atoms with Gasteiger partial charge in [-0.05, 0) is 67.6 Å². The molecule has 0 aliphatic rings. The number of methoxy groups -OCH3 is 1. The van der Waals surface area contributed by atoms with Gasteiger partial charge < -0.3 is 9.64 Å². The summed E-state index contributed by atoms with van der Waals surface area (Å²) in [5.41, 5.74) is 2.12. The summed E-state index contributed by atoms with van der Waals surface area (Å²) in [4.78, 5) is 16.4. The minimum atomic E-state index is -3.86. The molecule has 0 atom stereocenters. The summed E-state index contributed by atoms with van der Waals surface area (Å²) in [5, 5.41) is 2.00. The van der Waals surface area contributed by atoms with E-state index in [4.69, 9.17) is 4.74 Å². The van der Waals surface area contributed by atoms with Gasteiger partial charge in [-0.3, -0.25) is 4.79 Å². The van der Waals surface area contributed by atoms with E-state index in [-0.39, 0.29) is 23.4 Å². The van der Waals surface area contributed by atoms with Crippen LogP contribution in [0.1, 0.15) is 29.9 Å². The minimum Gasteiger partial charge on any atom is -0.497 e. The van der Waals surface area contributed by atoms with E-state index in [1.54, 1.807) is 42.2 Å². The number of hydrogen-bond donors (Lipinski definition) is 0. The molecule has 0 fully saturated rings. The van der Waals surface area contributed by atoms with Crippen LogP contribution in [0.2, 0.25) is 0 Å². The van der Waals surface area contributed by atoms with Crippen molar-refractivity contribution in [2.75, 3.05) is 13.7 Å². The maximum Gasteiger partial charge on any atom is 0.243 e. The highest BCUT2D eigenvalue weighted by atomic mass is 32.2. The standard InChI is InChI=1S/C25H30N2O4S2/c1-19(2)27(33(29,30)23-12-10-22(31-4)11-13-23)18-25(28)26(16-21-8-6-5-7-9-21)17-24-20(3)14-15-32-24/h5-15,19H,16-18H2,1-4H3. The average molecular weight is 487 g/mol. The van der Waals surface area contributed by atoms with Crippen molar-refractivity contribution in [3.8, 4) is 5.75 Å². The summed E-state index contributed by atoms with van der Waals surface area (Å²) in [6.45, 7) is 6.19. The predicted octanol–water partition coefficient (Wildman–Crippen LogP) is 4.69. The van der Waals surface area contributed by atoms with Crippen molar-refractivity contribution < 1.29 is 17.9 Å². The minimum absolute atomic E-state index is 0.133. The monoisotopic (exact) mass is 486 g/mol. The van der Waals surface area contributed by atoms with E-state index < -0.39 is 10.0 Å². The van der Waals surface area contributed by atoms with E-state index in [2.05, 4.69) is 0 Å². The quantitative estimate of drug-likeness (QED) is 0.417. The molecule has 8 heteroatoms. The lowest BCUT2D eigenvalue weighted by Gasteiger charge is -2.29. The molecule has 0 N–H and O–H groups in total. The normalized spacial score (nSPS) is 11.7. The maximum absolute atomic E-state index is 13.5. The van der Waals surface area contributed by atoms with E-state index in [9.17, 15) is 13.2 Å². The molecule has 33 heavy (non-hydrogen) atoms. The lowest BCUT2D eigenvalue weighted by atomic mass is 10.2. The average Bonchev–Trinajstić information content (AvgIpc) is 3.21. The van der Waals surface area contributed by atoms with Gasteiger partial charge in [0.2, 0.25) is 15.9 Å². The maximum atomic E-state index is 13.5. The number of rotatable bonds is 10.